The van der Waals surface area contributed by atoms with Gasteiger partial charge in [0, 0.05) is 49.9 Å². The Balaban J connectivity index is 1.59. The molecule has 26 heavy (non-hydrogen) atoms. The van der Waals surface area contributed by atoms with Crippen LogP contribution in [-0.4, -0.2) is 37.3 Å². The summed E-state index contributed by atoms with van der Waals surface area (Å²) in [4.78, 5) is 15.0. The Morgan fingerprint density at radius 2 is 2.00 bits per heavy atom. The van der Waals surface area contributed by atoms with Crippen molar-refractivity contribution < 1.29 is 4.79 Å². The first-order valence-corrected chi connectivity index (χ1v) is 8.93. The molecule has 0 atom stereocenters. The van der Waals surface area contributed by atoms with Gasteiger partial charge in [0.15, 0.2) is 0 Å². The highest BCUT2D eigenvalue weighted by molar-refractivity contribution is 5.96. The van der Waals surface area contributed by atoms with Crippen LogP contribution in [0.15, 0.2) is 30.3 Å². The Labute approximate surface area is 152 Å². The van der Waals surface area contributed by atoms with E-state index in [0.717, 1.165) is 46.7 Å². The van der Waals surface area contributed by atoms with Gasteiger partial charge in [0.05, 0.1) is 17.0 Å². The third-order valence-electron chi connectivity index (χ3n) is 5.24. The van der Waals surface area contributed by atoms with Crippen LogP contribution < -0.4 is 0 Å². The summed E-state index contributed by atoms with van der Waals surface area (Å²) >= 11 is 0. The topological polar surface area (TPSA) is 66.8 Å². The molecule has 0 aliphatic carbocycles. The van der Waals surface area contributed by atoms with Gasteiger partial charge in [0.2, 0.25) is 0 Å². The van der Waals surface area contributed by atoms with Crippen LogP contribution in [0.1, 0.15) is 44.3 Å². The van der Waals surface area contributed by atoms with Crippen molar-refractivity contribution in [2.24, 2.45) is 7.05 Å². The lowest BCUT2D eigenvalue weighted by Crippen LogP contribution is -2.36. The number of aromatic amines is 1. The largest absolute Gasteiger partial charge is 0.334 e. The molecule has 0 fully saturated rings. The minimum atomic E-state index is 0.0608. The molecule has 0 radical (unpaired) electrons. The second-order valence-corrected chi connectivity index (χ2v) is 6.94. The van der Waals surface area contributed by atoms with Crippen molar-refractivity contribution in [1.82, 2.24) is 24.9 Å². The van der Waals surface area contributed by atoms with E-state index in [4.69, 9.17) is 0 Å². The number of fused-ring (bicyclic) bond motifs is 1. The van der Waals surface area contributed by atoms with Gasteiger partial charge < -0.3 is 4.90 Å². The number of carbonyl (C=O) groups excluding carboxylic acids is 1. The van der Waals surface area contributed by atoms with Crippen LogP contribution in [-0.2, 0) is 26.4 Å². The summed E-state index contributed by atoms with van der Waals surface area (Å²) in [7, 11) is 1.88. The van der Waals surface area contributed by atoms with E-state index in [1.165, 1.54) is 5.56 Å². The highest BCUT2D eigenvalue weighted by atomic mass is 16.2. The maximum atomic E-state index is 13.1. The van der Waals surface area contributed by atoms with E-state index in [1.807, 2.05) is 44.0 Å². The zero-order chi connectivity index (χ0) is 18.3. The number of H-pyrrole nitrogens is 1. The van der Waals surface area contributed by atoms with Gasteiger partial charge in [-0.2, -0.15) is 10.2 Å². The summed E-state index contributed by atoms with van der Waals surface area (Å²) in [6, 6.07) is 10.3. The van der Waals surface area contributed by atoms with Crippen molar-refractivity contribution in [2.45, 2.75) is 33.2 Å². The summed E-state index contributed by atoms with van der Waals surface area (Å²) in [6.45, 7) is 5.14. The predicted molar refractivity (Wildman–Crippen MR) is 99.0 cm³/mol. The average molecular weight is 349 g/mol. The first-order valence-electron chi connectivity index (χ1n) is 8.93. The normalized spacial score (nSPS) is 13.7. The van der Waals surface area contributed by atoms with E-state index in [2.05, 4.69) is 27.4 Å². The van der Waals surface area contributed by atoms with Gasteiger partial charge in [0.25, 0.3) is 5.91 Å². The van der Waals surface area contributed by atoms with Gasteiger partial charge in [-0.3, -0.25) is 14.6 Å². The molecule has 1 aromatic carbocycles. The third-order valence-corrected chi connectivity index (χ3v) is 5.24. The lowest BCUT2D eigenvalue weighted by molar-refractivity contribution is 0.0732. The highest BCUT2D eigenvalue weighted by Gasteiger charge is 2.28. The molecule has 6 heteroatoms. The number of amides is 1. The summed E-state index contributed by atoms with van der Waals surface area (Å²) in [6.07, 6.45) is 1.58. The number of rotatable bonds is 3. The van der Waals surface area contributed by atoms with Crippen molar-refractivity contribution in [3.63, 3.8) is 0 Å². The van der Waals surface area contributed by atoms with Crippen molar-refractivity contribution >= 4 is 5.91 Å². The second-order valence-electron chi connectivity index (χ2n) is 6.94. The molecule has 3 heterocycles. The lowest BCUT2D eigenvalue weighted by Gasteiger charge is -2.27. The highest BCUT2D eigenvalue weighted by Crippen LogP contribution is 2.25. The minimum Gasteiger partial charge on any atom is -0.334 e. The first-order chi connectivity index (χ1) is 12.5. The summed E-state index contributed by atoms with van der Waals surface area (Å²) in [5.41, 5.74) is 7.00. The van der Waals surface area contributed by atoms with E-state index >= 15 is 0 Å². The van der Waals surface area contributed by atoms with Gasteiger partial charge in [-0.25, -0.2) is 0 Å². The van der Waals surface area contributed by atoms with Crippen LogP contribution >= 0.6 is 0 Å². The van der Waals surface area contributed by atoms with Crippen LogP contribution in [0.25, 0.3) is 0 Å². The van der Waals surface area contributed by atoms with Gasteiger partial charge in [0.1, 0.15) is 0 Å². The molecule has 3 aromatic rings. The number of hydrogen-bond donors (Lipinski definition) is 1. The van der Waals surface area contributed by atoms with Crippen LogP contribution in [0.4, 0.5) is 0 Å². The van der Waals surface area contributed by atoms with E-state index in [9.17, 15) is 4.79 Å². The molecule has 0 bridgehead atoms. The SMILES string of the molecule is Cc1nn(C)c(C)c1C(=O)N1CCc2[nH]nc(Cc3ccccc3)c2C1. The van der Waals surface area contributed by atoms with E-state index in [1.54, 1.807) is 4.68 Å². The lowest BCUT2D eigenvalue weighted by atomic mass is 10.00. The summed E-state index contributed by atoms with van der Waals surface area (Å²) in [5, 5.41) is 12.1. The summed E-state index contributed by atoms with van der Waals surface area (Å²) in [5.74, 6) is 0.0608. The maximum absolute atomic E-state index is 13.1. The fourth-order valence-electron chi connectivity index (χ4n) is 3.70. The third kappa shape index (κ3) is 2.81. The fraction of sp³-hybridized carbons (Fsp3) is 0.350. The smallest absolute Gasteiger partial charge is 0.257 e. The quantitative estimate of drug-likeness (QED) is 0.790. The molecular weight excluding hydrogens is 326 g/mol. The van der Waals surface area contributed by atoms with Crippen molar-refractivity contribution in [2.75, 3.05) is 6.54 Å². The van der Waals surface area contributed by atoms with Crippen LogP contribution in [0.2, 0.25) is 0 Å². The molecule has 134 valence electrons. The van der Waals surface area contributed by atoms with Gasteiger partial charge in [-0.05, 0) is 19.4 Å². The van der Waals surface area contributed by atoms with Crippen molar-refractivity contribution in [3.05, 3.63) is 69.8 Å². The van der Waals surface area contributed by atoms with E-state index in [0.29, 0.717) is 13.1 Å². The van der Waals surface area contributed by atoms with Crippen molar-refractivity contribution in [3.8, 4) is 0 Å². The number of hydrogen-bond acceptors (Lipinski definition) is 3. The molecule has 1 amide bonds. The number of aryl methyl sites for hydroxylation is 2. The van der Waals surface area contributed by atoms with Crippen LogP contribution in [0.3, 0.4) is 0 Å². The Kier molecular flexibility index (Phi) is 4.11. The van der Waals surface area contributed by atoms with Crippen LogP contribution in [0.5, 0.6) is 0 Å². The monoisotopic (exact) mass is 349 g/mol. The number of benzene rings is 1. The molecule has 2 aromatic heterocycles. The zero-order valence-corrected chi connectivity index (χ0v) is 15.4. The van der Waals surface area contributed by atoms with Crippen LogP contribution in [0, 0.1) is 13.8 Å². The molecule has 0 saturated heterocycles. The summed E-state index contributed by atoms with van der Waals surface area (Å²) < 4.78 is 1.77. The molecule has 4 rings (SSSR count). The number of aromatic nitrogens is 4. The van der Waals surface area contributed by atoms with E-state index in [-0.39, 0.29) is 5.91 Å². The zero-order valence-electron chi connectivity index (χ0n) is 15.4. The number of nitrogens with one attached hydrogen (secondary N) is 1. The van der Waals surface area contributed by atoms with Gasteiger partial charge in [-0.1, -0.05) is 30.3 Å². The molecule has 6 nitrogen and oxygen atoms in total. The Bertz CT molecular complexity index is 954. The number of nitrogens with zero attached hydrogens (tertiary/aromatic N) is 4. The Morgan fingerprint density at radius 1 is 1.23 bits per heavy atom. The molecular formula is C20H23N5O. The van der Waals surface area contributed by atoms with E-state index < -0.39 is 0 Å². The van der Waals surface area contributed by atoms with Crippen molar-refractivity contribution in [1.29, 1.82) is 0 Å². The van der Waals surface area contributed by atoms with Gasteiger partial charge >= 0.3 is 0 Å². The fourth-order valence-corrected chi connectivity index (χ4v) is 3.70. The minimum absolute atomic E-state index is 0.0608. The first kappa shape index (κ1) is 16.6. The second kappa shape index (κ2) is 6.44. The standard InChI is InChI=1S/C20H23N5O/c1-13-19(14(2)24(3)23-13)20(26)25-10-9-17-16(12-25)18(22-21-17)11-15-7-5-4-6-8-15/h4-8H,9-12H2,1-3H3,(H,21,22). The Hall–Kier alpha value is -2.89. The molecule has 0 spiro atoms. The molecule has 1 aliphatic rings. The van der Waals surface area contributed by atoms with Gasteiger partial charge in [-0.15, -0.1) is 0 Å². The number of carbonyl (C=O) groups is 1. The average Bonchev–Trinajstić information content (AvgIpc) is 3.15. The molecule has 1 aliphatic heterocycles. The Morgan fingerprint density at radius 3 is 2.69 bits per heavy atom. The molecule has 1 N–H and O–H groups in total. The molecule has 0 saturated carbocycles. The molecule has 0 unspecified atom stereocenters. The maximum Gasteiger partial charge on any atom is 0.257 e. The predicted octanol–water partition coefficient (Wildman–Crippen LogP) is 2.55.